The number of hydrogen-bond acceptors (Lipinski definition) is 9. The van der Waals surface area contributed by atoms with Crippen LogP contribution in [-0.2, 0) is 25.6 Å². The molecule has 3 heterocycles. The van der Waals surface area contributed by atoms with Gasteiger partial charge in [0.15, 0.2) is 11.5 Å². The molecule has 2 saturated heterocycles. The molecule has 0 aliphatic carbocycles. The number of methoxy groups -OCH3 is 2. The van der Waals surface area contributed by atoms with Crippen LogP contribution < -0.4 is 14.8 Å². The first-order chi connectivity index (χ1) is 20.4. The van der Waals surface area contributed by atoms with Crippen molar-refractivity contribution >= 4 is 11.8 Å². The van der Waals surface area contributed by atoms with Crippen molar-refractivity contribution in [2.45, 2.75) is 50.5 Å². The van der Waals surface area contributed by atoms with Crippen molar-refractivity contribution in [1.82, 2.24) is 30.4 Å². The summed E-state index contributed by atoms with van der Waals surface area (Å²) in [5, 5.41) is 15.5. The molecule has 1 N–H and O–H groups in total. The van der Waals surface area contributed by atoms with Gasteiger partial charge >= 0.3 is 0 Å². The molecule has 2 amide bonds. The Morgan fingerprint density at radius 1 is 1.05 bits per heavy atom. The Morgan fingerprint density at radius 3 is 2.43 bits per heavy atom. The Labute approximate surface area is 243 Å². The van der Waals surface area contributed by atoms with Crippen LogP contribution in [0.3, 0.4) is 0 Å². The number of carbonyl (C=O) groups excluding carboxylic acids is 2. The highest BCUT2D eigenvalue weighted by Crippen LogP contribution is 2.31. The fraction of sp³-hybridized carbons (Fsp3) is 0.483. The fourth-order valence-corrected chi connectivity index (χ4v) is 5.21. The molecule has 5 rings (SSSR count). The van der Waals surface area contributed by atoms with E-state index in [1.165, 1.54) is 41.1 Å². The van der Waals surface area contributed by atoms with Crippen LogP contribution in [0.2, 0.25) is 0 Å². The minimum Gasteiger partial charge on any atom is -0.493 e. The summed E-state index contributed by atoms with van der Waals surface area (Å²) in [6.45, 7) is 1.45. The van der Waals surface area contributed by atoms with Gasteiger partial charge in [0, 0.05) is 31.9 Å². The third kappa shape index (κ3) is 7.02. The van der Waals surface area contributed by atoms with Crippen LogP contribution in [0.15, 0.2) is 42.5 Å². The Kier molecular flexibility index (Phi) is 9.59. The van der Waals surface area contributed by atoms with Crippen molar-refractivity contribution in [2.24, 2.45) is 0 Å². The topological polar surface area (TPSA) is 130 Å². The number of benzene rings is 2. The number of tetrazole rings is 1. The minimum absolute atomic E-state index is 0.0838. The van der Waals surface area contributed by atoms with Crippen LogP contribution in [0.1, 0.15) is 37.3 Å². The predicted molar refractivity (Wildman–Crippen MR) is 148 cm³/mol. The summed E-state index contributed by atoms with van der Waals surface area (Å²) in [6.07, 6.45) is 3.07. The molecule has 0 spiro atoms. The van der Waals surface area contributed by atoms with Gasteiger partial charge in [0.25, 0.3) is 0 Å². The SMILES string of the molecule is COc1ccc(-c2nnn(CC(=O)N(C[C@H]3CCCO3)[C@@H](C(=O)NC[C@@H]3CCCO3)c3ccc(F)cc3)n2)cc1OC. The van der Waals surface area contributed by atoms with Gasteiger partial charge in [0.05, 0.1) is 26.4 Å². The van der Waals surface area contributed by atoms with Gasteiger partial charge in [-0.1, -0.05) is 12.1 Å². The van der Waals surface area contributed by atoms with E-state index in [0.29, 0.717) is 48.2 Å². The first-order valence-electron chi connectivity index (χ1n) is 14.0. The molecule has 3 atom stereocenters. The number of carbonyl (C=O) groups is 2. The molecule has 0 unspecified atom stereocenters. The van der Waals surface area contributed by atoms with Gasteiger partial charge in [0.2, 0.25) is 17.6 Å². The molecule has 1 aromatic heterocycles. The maximum absolute atomic E-state index is 13.9. The van der Waals surface area contributed by atoms with Crippen molar-refractivity contribution in [3.8, 4) is 22.9 Å². The van der Waals surface area contributed by atoms with Gasteiger partial charge in [-0.05, 0) is 66.8 Å². The number of halogens is 1. The van der Waals surface area contributed by atoms with E-state index in [9.17, 15) is 14.0 Å². The molecule has 2 fully saturated rings. The summed E-state index contributed by atoms with van der Waals surface area (Å²) < 4.78 is 36.0. The molecule has 2 aliphatic rings. The van der Waals surface area contributed by atoms with Crippen LogP contribution in [0.25, 0.3) is 11.4 Å². The molecular formula is C29H35FN6O6. The molecule has 2 aliphatic heterocycles. The summed E-state index contributed by atoms with van der Waals surface area (Å²) in [5.74, 6) is 0.103. The predicted octanol–water partition coefficient (Wildman–Crippen LogP) is 2.54. The number of ether oxygens (including phenoxy) is 4. The second-order valence-corrected chi connectivity index (χ2v) is 10.2. The normalized spacial score (nSPS) is 18.9. The highest BCUT2D eigenvalue weighted by Gasteiger charge is 2.35. The number of nitrogens with zero attached hydrogens (tertiary/aromatic N) is 5. The van der Waals surface area contributed by atoms with E-state index in [4.69, 9.17) is 18.9 Å². The van der Waals surface area contributed by atoms with Crippen molar-refractivity contribution in [1.29, 1.82) is 0 Å². The quantitative estimate of drug-likeness (QED) is 0.342. The van der Waals surface area contributed by atoms with Crippen molar-refractivity contribution in [3.05, 3.63) is 53.8 Å². The maximum Gasteiger partial charge on any atom is 0.247 e. The second-order valence-electron chi connectivity index (χ2n) is 10.2. The number of rotatable bonds is 12. The molecule has 0 bridgehead atoms. The number of amides is 2. The van der Waals surface area contributed by atoms with Crippen LogP contribution in [0.4, 0.5) is 4.39 Å². The van der Waals surface area contributed by atoms with Gasteiger partial charge in [0.1, 0.15) is 18.4 Å². The number of nitrogens with one attached hydrogen (secondary N) is 1. The zero-order chi connectivity index (χ0) is 29.5. The zero-order valence-corrected chi connectivity index (χ0v) is 23.7. The molecule has 3 aromatic rings. The third-order valence-corrected chi connectivity index (χ3v) is 7.39. The van der Waals surface area contributed by atoms with Gasteiger partial charge in [-0.15, -0.1) is 10.2 Å². The van der Waals surface area contributed by atoms with E-state index in [1.807, 2.05) is 0 Å². The van der Waals surface area contributed by atoms with Crippen molar-refractivity contribution in [2.75, 3.05) is 40.5 Å². The van der Waals surface area contributed by atoms with Crippen LogP contribution in [0.5, 0.6) is 11.5 Å². The molecule has 12 nitrogen and oxygen atoms in total. The lowest BCUT2D eigenvalue weighted by molar-refractivity contribution is -0.143. The Bertz CT molecular complexity index is 1360. The molecule has 2 aromatic carbocycles. The Morgan fingerprint density at radius 2 is 1.76 bits per heavy atom. The maximum atomic E-state index is 13.9. The van der Waals surface area contributed by atoms with E-state index in [2.05, 4.69) is 20.7 Å². The smallest absolute Gasteiger partial charge is 0.247 e. The van der Waals surface area contributed by atoms with Gasteiger partial charge in [-0.2, -0.15) is 4.80 Å². The molecule has 13 heteroatoms. The summed E-state index contributed by atoms with van der Waals surface area (Å²) in [4.78, 5) is 30.2. The highest BCUT2D eigenvalue weighted by atomic mass is 19.1. The van der Waals surface area contributed by atoms with E-state index in [0.717, 1.165) is 25.7 Å². The van der Waals surface area contributed by atoms with Crippen molar-refractivity contribution in [3.63, 3.8) is 0 Å². The van der Waals surface area contributed by atoms with E-state index in [1.54, 1.807) is 25.3 Å². The van der Waals surface area contributed by atoms with E-state index in [-0.39, 0.29) is 31.2 Å². The Hall–Kier alpha value is -4.10. The van der Waals surface area contributed by atoms with Crippen LogP contribution in [0, 0.1) is 5.82 Å². The second kappa shape index (κ2) is 13.7. The summed E-state index contributed by atoms with van der Waals surface area (Å²) in [7, 11) is 3.07. The fourth-order valence-electron chi connectivity index (χ4n) is 5.21. The zero-order valence-electron chi connectivity index (χ0n) is 23.7. The van der Waals surface area contributed by atoms with Gasteiger partial charge < -0.3 is 29.2 Å². The molecule has 0 radical (unpaired) electrons. The standard InChI is InChI=1S/C29H35FN6O6/c1-39-24-12-9-20(15-25(24)40-2)28-32-34-36(33-28)18-26(37)35(17-23-6-4-14-42-23)27(19-7-10-21(30)11-8-19)29(38)31-16-22-5-3-13-41-22/h7-12,15,22-23,27H,3-6,13-14,16-18H2,1-2H3,(H,31,38)/t22-,23+,27+/m0/s1. The number of aromatic nitrogens is 4. The number of hydrogen-bond donors (Lipinski definition) is 1. The van der Waals surface area contributed by atoms with Gasteiger partial charge in [-0.25, -0.2) is 4.39 Å². The summed E-state index contributed by atoms with van der Waals surface area (Å²) in [6, 6.07) is 9.77. The lowest BCUT2D eigenvalue weighted by Crippen LogP contribution is -2.48. The molecular weight excluding hydrogens is 547 g/mol. The lowest BCUT2D eigenvalue weighted by atomic mass is 10.0. The molecule has 42 heavy (non-hydrogen) atoms. The average Bonchev–Trinajstić information content (AvgIpc) is 3.80. The van der Waals surface area contributed by atoms with Crippen molar-refractivity contribution < 1.29 is 32.9 Å². The van der Waals surface area contributed by atoms with Gasteiger partial charge in [-0.3, -0.25) is 9.59 Å². The molecule has 0 saturated carbocycles. The Balaban J connectivity index is 1.40. The summed E-state index contributed by atoms with van der Waals surface area (Å²) >= 11 is 0. The van der Waals surface area contributed by atoms with Crippen LogP contribution in [-0.4, -0.2) is 89.7 Å². The first-order valence-corrected chi connectivity index (χ1v) is 14.0. The first kappa shape index (κ1) is 29.4. The lowest BCUT2D eigenvalue weighted by Gasteiger charge is -2.33. The summed E-state index contributed by atoms with van der Waals surface area (Å²) in [5.41, 5.74) is 1.10. The third-order valence-electron chi connectivity index (χ3n) is 7.39. The van der Waals surface area contributed by atoms with Crippen LogP contribution >= 0.6 is 0 Å². The average molecular weight is 583 g/mol. The monoisotopic (exact) mass is 582 g/mol. The highest BCUT2D eigenvalue weighted by molar-refractivity contribution is 5.88. The van der Waals surface area contributed by atoms with E-state index < -0.39 is 17.8 Å². The minimum atomic E-state index is -1.03. The molecule has 224 valence electrons. The largest absolute Gasteiger partial charge is 0.493 e. The van der Waals surface area contributed by atoms with E-state index >= 15 is 0 Å².